The molecule has 0 saturated heterocycles. The van der Waals surface area contributed by atoms with Gasteiger partial charge in [0.15, 0.2) is 0 Å². The number of nitrogens with zero attached hydrogens (tertiary/aromatic N) is 1. The van der Waals surface area contributed by atoms with Crippen molar-refractivity contribution in [1.82, 2.24) is 0 Å². The Labute approximate surface area is 159 Å². The lowest BCUT2D eigenvalue weighted by molar-refractivity contribution is 0.0686. The third kappa shape index (κ3) is 3.83. The fourth-order valence-electron chi connectivity index (χ4n) is 2.71. The van der Waals surface area contributed by atoms with Crippen LogP contribution in [0.4, 0.5) is 17.1 Å². The molecule has 28 heavy (non-hydrogen) atoms. The number of hydrogen-bond acceptors (Lipinski definition) is 4. The van der Waals surface area contributed by atoms with Gasteiger partial charge in [-0.15, -0.1) is 0 Å². The van der Waals surface area contributed by atoms with Crippen LogP contribution >= 0.6 is 0 Å². The van der Waals surface area contributed by atoms with Gasteiger partial charge in [0.05, 0.1) is 16.7 Å². The van der Waals surface area contributed by atoms with Gasteiger partial charge in [-0.25, -0.2) is 14.4 Å². The predicted molar refractivity (Wildman–Crippen MR) is 102 cm³/mol. The SMILES string of the molecule is O=C(O)c1ccc(N(c2ccc(C(=O)O)cc2)c2ccc(C(=O)O)cc2)cc1. The summed E-state index contributed by atoms with van der Waals surface area (Å²) in [5.41, 5.74) is 2.30. The maximum atomic E-state index is 11.1. The van der Waals surface area contributed by atoms with Crippen LogP contribution in [-0.2, 0) is 0 Å². The van der Waals surface area contributed by atoms with Crippen molar-refractivity contribution in [3.63, 3.8) is 0 Å². The highest BCUT2D eigenvalue weighted by molar-refractivity contribution is 5.91. The minimum atomic E-state index is -1.05. The summed E-state index contributed by atoms with van der Waals surface area (Å²) in [6.45, 7) is 0. The minimum Gasteiger partial charge on any atom is -0.478 e. The molecule has 0 aliphatic carbocycles. The molecule has 0 heterocycles. The van der Waals surface area contributed by atoms with Crippen molar-refractivity contribution in [2.75, 3.05) is 4.90 Å². The quantitative estimate of drug-likeness (QED) is 0.588. The van der Waals surface area contributed by atoms with E-state index in [4.69, 9.17) is 15.3 Å². The first kappa shape index (κ1) is 18.7. The molecular formula is C21H15NO6. The Morgan fingerprint density at radius 2 is 0.679 bits per heavy atom. The average Bonchev–Trinajstić information content (AvgIpc) is 2.69. The van der Waals surface area contributed by atoms with Crippen LogP contribution in [-0.4, -0.2) is 33.2 Å². The van der Waals surface area contributed by atoms with Crippen LogP contribution in [0.3, 0.4) is 0 Å². The molecule has 0 amide bonds. The number of rotatable bonds is 6. The molecular weight excluding hydrogens is 362 g/mol. The smallest absolute Gasteiger partial charge is 0.335 e. The van der Waals surface area contributed by atoms with E-state index in [0.717, 1.165) is 0 Å². The molecule has 140 valence electrons. The molecule has 0 unspecified atom stereocenters. The second kappa shape index (κ2) is 7.63. The van der Waals surface area contributed by atoms with E-state index in [2.05, 4.69) is 0 Å². The summed E-state index contributed by atoms with van der Waals surface area (Å²) >= 11 is 0. The highest BCUT2D eigenvalue weighted by atomic mass is 16.4. The van der Waals surface area contributed by atoms with Crippen LogP contribution in [0.2, 0.25) is 0 Å². The molecule has 3 N–H and O–H groups in total. The van der Waals surface area contributed by atoms with E-state index in [-0.39, 0.29) is 16.7 Å². The topological polar surface area (TPSA) is 115 Å². The zero-order chi connectivity index (χ0) is 20.3. The molecule has 0 saturated carbocycles. The van der Waals surface area contributed by atoms with Crippen molar-refractivity contribution in [1.29, 1.82) is 0 Å². The molecule has 0 fully saturated rings. The van der Waals surface area contributed by atoms with E-state index in [1.807, 2.05) is 0 Å². The van der Waals surface area contributed by atoms with Crippen molar-refractivity contribution in [2.24, 2.45) is 0 Å². The Morgan fingerprint density at radius 1 is 0.464 bits per heavy atom. The third-order valence-corrected chi connectivity index (χ3v) is 4.12. The average molecular weight is 377 g/mol. The van der Waals surface area contributed by atoms with Gasteiger partial charge in [-0.2, -0.15) is 0 Å². The van der Waals surface area contributed by atoms with Crippen LogP contribution in [0.1, 0.15) is 31.1 Å². The monoisotopic (exact) mass is 377 g/mol. The van der Waals surface area contributed by atoms with Gasteiger partial charge in [0, 0.05) is 17.1 Å². The fraction of sp³-hybridized carbons (Fsp3) is 0. The largest absolute Gasteiger partial charge is 0.478 e. The lowest BCUT2D eigenvalue weighted by Gasteiger charge is -2.25. The molecule has 0 aromatic heterocycles. The zero-order valence-electron chi connectivity index (χ0n) is 14.4. The molecule has 3 rings (SSSR count). The maximum Gasteiger partial charge on any atom is 0.335 e. The van der Waals surface area contributed by atoms with Crippen molar-refractivity contribution < 1.29 is 29.7 Å². The Kier molecular flexibility index (Phi) is 5.08. The number of carboxylic acids is 3. The van der Waals surface area contributed by atoms with Crippen molar-refractivity contribution >= 4 is 35.0 Å². The number of anilines is 3. The molecule has 7 heteroatoms. The van der Waals surface area contributed by atoms with E-state index >= 15 is 0 Å². The Hall–Kier alpha value is -4.13. The minimum absolute atomic E-state index is 0.131. The number of benzene rings is 3. The Bertz CT molecular complexity index is 887. The highest BCUT2D eigenvalue weighted by Gasteiger charge is 2.15. The standard InChI is InChI=1S/C21H15NO6/c23-19(24)13-1-7-16(8-2-13)22(17-9-3-14(4-10-17)20(25)26)18-11-5-15(6-12-18)21(27)28/h1-12H,(H,23,24)(H,25,26)(H,27,28). The second-order valence-electron chi connectivity index (χ2n) is 5.89. The molecule has 0 aliphatic heterocycles. The molecule has 3 aromatic carbocycles. The molecule has 0 aliphatic rings. The summed E-state index contributed by atoms with van der Waals surface area (Å²) in [6, 6.07) is 18.5. The van der Waals surface area contributed by atoms with Crippen LogP contribution in [0.25, 0.3) is 0 Å². The number of carbonyl (C=O) groups is 3. The van der Waals surface area contributed by atoms with Crippen molar-refractivity contribution in [3.05, 3.63) is 89.5 Å². The number of hydrogen-bond donors (Lipinski definition) is 3. The van der Waals surface area contributed by atoms with E-state index in [1.165, 1.54) is 36.4 Å². The fourth-order valence-corrected chi connectivity index (χ4v) is 2.71. The lowest BCUT2D eigenvalue weighted by atomic mass is 10.1. The summed E-state index contributed by atoms with van der Waals surface area (Å²) in [5, 5.41) is 27.3. The van der Waals surface area contributed by atoms with Crippen molar-refractivity contribution in [2.45, 2.75) is 0 Å². The van der Waals surface area contributed by atoms with Gasteiger partial charge >= 0.3 is 17.9 Å². The Balaban J connectivity index is 2.08. The number of aromatic carboxylic acids is 3. The molecule has 0 radical (unpaired) electrons. The summed E-state index contributed by atoms with van der Waals surface area (Å²) in [6.07, 6.45) is 0. The molecule has 0 bridgehead atoms. The molecule has 7 nitrogen and oxygen atoms in total. The Morgan fingerprint density at radius 3 is 0.857 bits per heavy atom. The zero-order valence-corrected chi connectivity index (χ0v) is 14.4. The van der Waals surface area contributed by atoms with Gasteiger partial charge in [-0.3, -0.25) is 0 Å². The molecule has 3 aromatic rings. The van der Waals surface area contributed by atoms with Crippen LogP contribution in [0, 0.1) is 0 Å². The number of carboxylic acid groups (broad SMARTS) is 3. The maximum absolute atomic E-state index is 11.1. The lowest BCUT2D eigenvalue weighted by Crippen LogP contribution is -2.11. The normalized spacial score (nSPS) is 10.3. The first-order valence-electron chi connectivity index (χ1n) is 8.17. The second-order valence-corrected chi connectivity index (χ2v) is 5.89. The van der Waals surface area contributed by atoms with E-state index in [0.29, 0.717) is 17.1 Å². The highest BCUT2D eigenvalue weighted by Crippen LogP contribution is 2.34. The predicted octanol–water partition coefficient (Wildman–Crippen LogP) is 4.25. The van der Waals surface area contributed by atoms with Crippen LogP contribution in [0.5, 0.6) is 0 Å². The van der Waals surface area contributed by atoms with Gasteiger partial charge in [0.25, 0.3) is 0 Å². The van der Waals surface area contributed by atoms with Gasteiger partial charge in [0.1, 0.15) is 0 Å². The van der Waals surface area contributed by atoms with Crippen LogP contribution in [0.15, 0.2) is 72.8 Å². The van der Waals surface area contributed by atoms with E-state index in [1.54, 1.807) is 41.3 Å². The third-order valence-electron chi connectivity index (χ3n) is 4.12. The first-order valence-corrected chi connectivity index (χ1v) is 8.17. The summed E-state index contributed by atoms with van der Waals surface area (Å²) in [4.78, 5) is 35.1. The van der Waals surface area contributed by atoms with Crippen LogP contribution < -0.4 is 4.90 Å². The summed E-state index contributed by atoms with van der Waals surface area (Å²) in [7, 11) is 0. The van der Waals surface area contributed by atoms with E-state index in [9.17, 15) is 14.4 Å². The summed E-state index contributed by atoms with van der Waals surface area (Å²) in [5.74, 6) is -3.14. The molecule has 0 atom stereocenters. The first-order chi connectivity index (χ1) is 13.4. The van der Waals surface area contributed by atoms with E-state index < -0.39 is 17.9 Å². The van der Waals surface area contributed by atoms with Crippen molar-refractivity contribution in [3.8, 4) is 0 Å². The molecule has 0 spiro atoms. The summed E-state index contributed by atoms with van der Waals surface area (Å²) < 4.78 is 0. The van der Waals surface area contributed by atoms with Gasteiger partial charge in [-0.05, 0) is 72.8 Å². The van der Waals surface area contributed by atoms with Gasteiger partial charge < -0.3 is 20.2 Å². The van der Waals surface area contributed by atoms with Gasteiger partial charge in [-0.1, -0.05) is 0 Å². The van der Waals surface area contributed by atoms with Gasteiger partial charge in [0.2, 0.25) is 0 Å².